The molecule has 1 saturated carbocycles. The summed E-state index contributed by atoms with van der Waals surface area (Å²) in [4.78, 5) is 4.55. The molecule has 170 valence electrons. The summed E-state index contributed by atoms with van der Waals surface area (Å²) in [5, 5.41) is 6.55. The van der Waals surface area contributed by atoms with Gasteiger partial charge in [-0.15, -0.1) is 24.0 Å². The Bertz CT molecular complexity index is 667. The number of aliphatic imine (C=N–C) groups is 1. The van der Waals surface area contributed by atoms with E-state index < -0.39 is 0 Å². The fraction of sp³-hybridized carbons (Fsp3) is 0.682. The summed E-state index contributed by atoms with van der Waals surface area (Å²) < 4.78 is 31.1. The van der Waals surface area contributed by atoms with Gasteiger partial charge in [0, 0.05) is 13.2 Å². The minimum Gasteiger partial charge on any atom is -0.490 e. The number of nitrogens with one attached hydrogen (secondary N) is 2. The van der Waals surface area contributed by atoms with Crippen LogP contribution in [0.15, 0.2) is 23.2 Å². The van der Waals surface area contributed by atoms with Crippen LogP contribution in [0, 0.1) is 11.7 Å². The zero-order valence-electron chi connectivity index (χ0n) is 18.0. The first-order valence-electron chi connectivity index (χ1n) is 10.8. The van der Waals surface area contributed by atoms with E-state index in [0.717, 1.165) is 31.6 Å². The maximum Gasteiger partial charge on any atom is 0.191 e. The number of benzene rings is 1. The molecule has 2 atom stereocenters. The lowest BCUT2D eigenvalue weighted by molar-refractivity contribution is 0.0200. The monoisotopic (exact) mass is 535 g/mol. The van der Waals surface area contributed by atoms with Gasteiger partial charge in [-0.25, -0.2) is 4.39 Å². The summed E-state index contributed by atoms with van der Waals surface area (Å²) in [5.41, 5.74) is 0.849. The van der Waals surface area contributed by atoms with Crippen molar-refractivity contribution in [1.82, 2.24) is 10.6 Å². The molecule has 1 heterocycles. The van der Waals surface area contributed by atoms with Gasteiger partial charge >= 0.3 is 0 Å². The summed E-state index contributed by atoms with van der Waals surface area (Å²) in [7, 11) is 0. The fourth-order valence-electron chi connectivity index (χ4n) is 3.22. The lowest BCUT2D eigenvalue weighted by atomic mass is 10.1. The van der Waals surface area contributed by atoms with Crippen LogP contribution in [0.25, 0.3) is 0 Å². The molecule has 2 N–H and O–H groups in total. The van der Waals surface area contributed by atoms with Crippen molar-refractivity contribution in [3.05, 3.63) is 29.6 Å². The maximum atomic E-state index is 14.4. The van der Waals surface area contributed by atoms with Gasteiger partial charge in [-0.05, 0) is 63.1 Å². The highest BCUT2D eigenvalue weighted by Gasteiger charge is 2.22. The smallest absolute Gasteiger partial charge is 0.191 e. The third-order valence-corrected chi connectivity index (χ3v) is 5.16. The van der Waals surface area contributed by atoms with Crippen molar-refractivity contribution in [3.8, 4) is 5.75 Å². The van der Waals surface area contributed by atoms with Crippen molar-refractivity contribution < 1.29 is 18.6 Å². The second kappa shape index (κ2) is 13.3. The zero-order chi connectivity index (χ0) is 20.5. The van der Waals surface area contributed by atoms with Crippen LogP contribution < -0.4 is 15.4 Å². The van der Waals surface area contributed by atoms with Crippen molar-refractivity contribution >= 4 is 29.9 Å². The minimum absolute atomic E-state index is 0. The van der Waals surface area contributed by atoms with Gasteiger partial charge in [-0.2, -0.15) is 0 Å². The molecule has 3 rings (SSSR count). The Morgan fingerprint density at radius 1 is 1.30 bits per heavy atom. The average molecular weight is 535 g/mol. The van der Waals surface area contributed by atoms with E-state index in [-0.39, 0.29) is 41.9 Å². The van der Waals surface area contributed by atoms with Crippen LogP contribution in [0.3, 0.4) is 0 Å². The molecule has 0 amide bonds. The van der Waals surface area contributed by atoms with Gasteiger partial charge in [0.05, 0.1) is 38.5 Å². The average Bonchev–Trinajstić information content (AvgIpc) is 3.40. The Morgan fingerprint density at radius 3 is 2.80 bits per heavy atom. The van der Waals surface area contributed by atoms with Crippen molar-refractivity contribution in [2.24, 2.45) is 10.9 Å². The number of ether oxygens (including phenoxy) is 3. The predicted molar refractivity (Wildman–Crippen MR) is 127 cm³/mol. The van der Waals surface area contributed by atoms with E-state index in [9.17, 15) is 4.39 Å². The van der Waals surface area contributed by atoms with E-state index in [0.29, 0.717) is 44.0 Å². The molecule has 2 fully saturated rings. The Labute approximate surface area is 196 Å². The maximum absolute atomic E-state index is 14.4. The van der Waals surface area contributed by atoms with Gasteiger partial charge in [0.1, 0.15) is 0 Å². The van der Waals surface area contributed by atoms with Gasteiger partial charge in [-0.1, -0.05) is 6.07 Å². The molecule has 0 spiro atoms. The molecule has 1 saturated heterocycles. The highest BCUT2D eigenvalue weighted by atomic mass is 127. The van der Waals surface area contributed by atoms with Crippen molar-refractivity contribution in [1.29, 1.82) is 0 Å². The van der Waals surface area contributed by atoms with Gasteiger partial charge in [-0.3, -0.25) is 4.99 Å². The van der Waals surface area contributed by atoms with Crippen LogP contribution in [0.2, 0.25) is 0 Å². The van der Waals surface area contributed by atoms with E-state index in [2.05, 4.69) is 15.6 Å². The summed E-state index contributed by atoms with van der Waals surface area (Å²) in [6.45, 7) is 7.93. The van der Waals surface area contributed by atoms with E-state index in [4.69, 9.17) is 14.2 Å². The number of nitrogens with zero attached hydrogens (tertiary/aromatic N) is 1. The summed E-state index contributed by atoms with van der Waals surface area (Å²) in [6, 6.07) is 5.06. The lowest BCUT2D eigenvalue weighted by Gasteiger charge is -2.19. The number of halogens is 2. The molecule has 2 unspecified atom stereocenters. The fourth-order valence-corrected chi connectivity index (χ4v) is 3.22. The second-order valence-corrected chi connectivity index (χ2v) is 7.78. The number of hydrogen-bond acceptors (Lipinski definition) is 4. The predicted octanol–water partition coefficient (Wildman–Crippen LogP) is 4.04. The Kier molecular flexibility index (Phi) is 11.2. The first-order valence-corrected chi connectivity index (χ1v) is 10.8. The highest BCUT2D eigenvalue weighted by molar-refractivity contribution is 14.0. The van der Waals surface area contributed by atoms with Gasteiger partial charge in [0.2, 0.25) is 0 Å². The topological polar surface area (TPSA) is 64.1 Å². The van der Waals surface area contributed by atoms with Crippen LogP contribution in [0.5, 0.6) is 5.75 Å². The normalized spacial score (nSPS) is 19.8. The molecule has 2 aliphatic rings. The molecule has 0 aromatic heterocycles. The molecule has 1 aromatic rings. The SMILES string of the molecule is CCNC(=NCCOCC1CCCO1)NC(C)c1ccc(OCC2CC2)c(F)c1.I. The minimum atomic E-state index is -0.318. The largest absolute Gasteiger partial charge is 0.490 e. The van der Waals surface area contributed by atoms with Crippen LogP contribution in [-0.2, 0) is 9.47 Å². The molecule has 0 bridgehead atoms. The summed E-state index contributed by atoms with van der Waals surface area (Å²) in [5.74, 6) is 1.30. The Hall–Kier alpha value is -1.13. The van der Waals surface area contributed by atoms with E-state index in [1.54, 1.807) is 6.07 Å². The molecule has 1 aliphatic carbocycles. The van der Waals surface area contributed by atoms with Crippen molar-refractivity contribution in [2.45, 2.75) is 51.7 Å². The lowest BCUT2D eigenvalue weighted by Crippen LogP contribution is -2.39. The van der Waals surface area contributed by atoms with Crippen LogP contribution >= 0.6 is 24.0 Å². The molecule has 1 aromatic carbocycles. The summed E-state index contributed by atoms with van der Waals surface area (Å²) in [6.07, 6.45) is 4.80. The first-order chi connectivity index (χ1) is 14.2. The van der Waals surface area contributed by atoms with Crippen LogP contribution in [0.1, 0.15) is 51.1 Å². The van der Waals surface area contributed by atoms with Gasteiger partial charge in [0.15, 0.2) is 17.5 Å². The molecule has 6 nitrogen and oxygen atoms in total. The molecule has 1 aliphatic heterocycles. The molecular weight excluding hydrogens is 500 g/mol. The number of rotatable bonds is 11. The Balaban J connectivity index is 0.00000320. The van der Waals surface area contributed by atoms with E-state index in [1.165, 1.54) is 18.9 Å². The third-order valence-electron chi connectivity index (χ3n) is 5.16. The quantitative estimate of drug-likeness (QED) is 0.194. The van der Waals surface area contributed by atoms with Crippen LogP contribution in [-0.4, -0.2) is 51.6 Å². The number of hydrogen-bond donors (Lipinski definition) is 2. The number of guanidine groups is 1. The van der Waals surface area contributed by atoms with Gasteiger partial charge < -0.3 is 24.8 Å². The first kappa shape index (κ1) is 25.1. The third kappa shape index (κ3) is 8.55. The Morgan fingerprint density at radius 2 is 2.13 bits per heavy atom. The second-order valence-electron chi connectivity index (χ2n) is 7.78. The van der Waals surface area contributed by atoms with Gasteiger partial charge in [0.25, 0.3) is 0 Å². The molecule has 8 heteroatoms. The van der Waals surface area contributed by atoms with Crippen molar-refractivity contribution in [2.75, 3.05) is 39.5 Å². The zero-order valence-corrected chi connectivity index (χ0v) is 20.3. The van der Waals surface area contributed by atoms with Crippen LogP contribution in [0.4, 0.5) is 4.39 Å². The molecule has 30 heavy (non-hydrogen) atoms. The van der Waals surface area contributed by atoms with E-state index >= 15 is 0 Å². The summed E-state index contributed by atoms with van der Waals surface area (Å²) >= 11 is 0. The highest BCUT2D eigenvalue weighted by Crippen LogP contribution is 2.30. The van der Waals surface area contributed by atoms with E-state index in [1.807, 2.05) is 19.9 Å². The molecular formula is C22H35FIN3O3. The molecule has 0 radical (unpaired) electrons. The standard InChI is InChI=1S/C22H34FN3O3.HI/c1-3-24-22(25-10-12-27-15-19-5-4-11-28-19)26-16(2)18-8-9-21(20(23)13-18)29-14-17-6-7-17;/h8-9,13,16-17,19H,3-7,10-12,14-15H2,1-2H3,(H2,24,25,26);1H. The van der Waals surface area contributed by atoms with Crippen molar-refractivity contribution in [3.63, 3.8) is 0 Å².